The second-order valence-corrected chi connectivity index (χ2v) is 5.01. The van der Waals surface area contributed by atoms with Crippen LogP contribution in [-0.2, 0) is 13.1 Å². The number of nitrogens with one attached hydrogen (secondary N) is 1. The van der Waals surface area contributed by atoms with Crippen LogP contribution in [0, 0.1) is 13.8 Å². The maximum Gasteiger partial charge on any atom is 0.131 e. The molecule has 0 bridgehead atoms. The van der Waals surface area contributed by atoms with E-state index in [-0.39, 0.29) is 0 Å². The molecule has 0 saturated heterocycles. The van der Waals surface area contributed by atoms with Gasteiger partial charge >= 0.3 is 0 Å². The maximum atomic E-state index is 4.08. The van der Waals surface area contributed by atoms with Crippen LogP contribution >= 0.6 is 11.3 Å². The van der Waals surface area contributed by atoms with Crippen LogP contribution in [0.15, 0.2) is 24.3 Å². The van der Waals surface area contributed by atoms with Gasteiger partial charge in [-0.15, -0.1) is 21.5 Å². The third-order valence-electron chi connectivity index (χ3n) is 2.42. The van der Waals surface area contributed by atoms with Gasteiger partial charge in [-0.3, -0.25) is 0 Å². The van der Waals surface area contributed by atoms with E-state index in [1.807, 2.05) is 6.92 Å². The van der Waals surface area contributed by atoms with Crippen LogP contribution in [0.25, 0.3) is 0 Å². The van der Waals surface area contributed by atoms with Gasteiger partial charge in [0.05, 0.1) is 0 Å². The molecule has 0 radical (unpaired) electrons. The number of aromatic nitrogens is 2. The molecular weight excluding hydrogens is 218 g/mol. The van der Waals surface area contributed by atoms with Gasteiger partial charge < -0.3 is 5.32 Å². The molecule has 1 aromatic carbocycles. The van der Waals surface area contributed by atoms with Gasteiger partial charge in [-0.25, -0.2) is 0 Å². The maximum absolute atomic E-state index is 4.08. The number of hydrogen-bond donors (Lipinski definition) is 1. The number of rotatable bonds is 4. The van der Waals surface area contributed by atoms with E-state index in [2.05, 4.69) is 46.7 Å². The summed E-state index contributed by atoms with van der Waals surface area (Å²) in [7, 11) is 0. The zero-order valence-corrected chi connectivity index (χ0v) is 10.3. The summed E-state index contributed by atoms with van der Waals surface area (Å²) in [4.78, 5) is 0. The molecular formula is C12H15N3S. The van der Waals surface area contributed by atoms with Gasteiger partial charge in [0.1, 0.15) is 10.0 Å². The smallest absolute Gasteiger partial charge is 0.131 e. The molecule has 0 aliphatic rings. The fourth-order valence-electron chi connectivity index (χ4n) is 1.52. The summed E-state index contributed by atoms with van der Waals surface area (Å²) in [6.07, 6.45) is 0. The Morgan fingerprint density at radius 2 is 1.94 bits per heavy atom. The molecule has 0 aliphatic carbocycles. The number of benzene rings is 1. The van der Waals surface area contributed by atoms with E-state index < -0.39 is 0 Å². The summed E-state index contributed by atoms with van der Waals surface area (Å²) in [5.74, 6) is 0. The van der Waals surface area contributed by atoms with Crippen molar-refractivity contribution in [2.24, 2.45) is 0 Å². The minimum Gasteiger partial charge on any atom is -0.306 e. The van der Waals surface area contributed by atoms with Gasteiger partial charge in [0.2, 0.25) is 0 Å². The largest absolute Gasteiger partial charge is 0.306 e. The molecule has 0 spiro atoms. The van der Waals surface area contributed by atoms with E-state index in [0.29, 0.717) is 0 Å². The SMILES string of the molecule is Cc1nnc(CNCc2ccccc2C)s1. The van der Waals surface area contributed by atoms with Gasteiger partial charge in [0.15, 0.2) is 0 Å². The van der Waals surface area contributed by atoms with Crippen molar-refractivity contribution in [1.29, 1.82) is 0 Å². The Balaban J connectivity index is 1.87. The van der Waals surface area contributed by atoms with Crippen LogP contribution in [0.4, 0.5) is 0 Å². The molecule has 0 fully saturated rings. The summed E-state index contributed by atoms with van der Waals surface area (Å²) in [5, 5.41) is 13.5. The molecule has 3 nitrogen and oxygen atoms in total. The molecule has 16 heavy (non-hydrogen) atoms. The molecule has 2 aromatic rings. The highest BCUT2D eigenvalue weighted by Gasteiger charge is 2.00. The minimum atomic E-state index is 0.792. The summed E-state index contributed by atoms with van der Waals surface area (Å²) < 4.78 is 0. The molecule has 0 unspecified atom stereocenters. The fraction of sp³-hybridized carbons (Fsp3) is 0.333. The standard InChI is InChI=1S/C12H15N3S/c1-9-5-3-4-6-11(9)7-13-8-12-15-14-10(2)16-12/h3-6,13H,7-8H2,1-2H3. The van der Waals surface area contributed by atoms with E-state index in [4.69, 9.17) is 0 Å². The predicted octanol–water partition coefficient (Wildman–Crippen LogP) is 2.44. The lowest BCUT2D eigenvalue weighted by Gasteiger charge is -2.05. The van der Waals surface area contributed by atoms with Crippen LogP contribution in [-0.4, -0.2) is 10.2 Å². The Hall–Kier alpha value is -1.26. The van der Waals surface area contributed by atoms with Crippen molar-refractivity contribution in [1.82, 2.24) is 15.5 Å². The fourth-order valence-corrected chi connectivity index (χ4v) is 2.20. The van der Waals surface area contributed by atoms with Crippen LogP contribution in [0.3, 0.4) is 0 Å². The first-order valence-corrected chi connectivity index (χ1v) is 6.11. The number of nitrogens with zero attached hydrogens (tertiary/aromatic N) is 2. The summed E-state index contributed by atoms with van der Waals surface area (Å²) >= 11 is 1.64. The lowest BCUT2D eigenvalue weighted by atomic mass is 10.1. The van der Waals surface area contributed by atoms with E-state index in [1.54, 1.807) is 11.3 Å². The zero-order valence-electron chi connectivity index (χ0n) is 9.53. The molecule has 1 heterocycles. The molecule has 0 amide bonds. The molecule has 2 rings (SSSR count). The Bertz CT molecular complexity index is 465. The predicted molar refractivity (Wildman–Crippen MR) is 66.4 cm³/mol. The third kappa shape index (κ3) is 2.87. The van der Waals surface area contributed by atoms with Gasteiger partial charge in [-0.2, -0.15) is 0 Å². The Kier molecular flexibility index (Phi) is 3.64. The summed E-state index contributed by atoms with van der Waals surface area (Å²) in [6, 6.07) is 8.41. The van der Waals surface area contributed by atoms with E-state index in [1.165, 1.54) is 11.1 Å². The first kappa shape index (κ1) is 11.2. The average Bonchev–Trinajstić information content (AvgIpc) is 2.67. The number of hydrogen-bond acceptors (Lipinski definition) is 4. The minimum absolute atomic E-state index is 0.792. The molecule has 1 N–H and O–H groups in total. The monoisotopic (exact) mass is 233 g/mol. The lowest BCUT2D eigenvalue weighted by Crippen LogP contribution is -2.13. The van der Waals surface area contributed by atoms with E-state index in [0.717, 1.165) is 23.1 Å². The van der Waals surface area contributed by atoms with Crippen molar-refractivity contribution >= 4 is 11.3 Å². The van der Waals surface area contributed by atoms with Gasteiger partial charge in [-0.05, 0) is 25.0 Å². The summed E-state index contributed by atoms with van der Waals surface area (Å²) in [5.41, 5.74) is 2.66. The normalized spacial score (nSPS) is 10.6. The zero-order chi connectivity index (χ0) is 11.4. The van der Waals surface area contributed by atoms with Crippen molar-refractivity contribution in [3.8, 4) is 0 Å². The first-order valence-electron chi connectivity index (χ1n) is 5.30. The Morgan fingerprint density at radius 3 is 2.62 bits per heavy atom. The van der Waals surface area contributed by atoms with Crippen molar-refractivity contribution in [3.05, 3.63) is 45.4 Å². The second kappa shape index (κ2) is 5.18. The van der Waals surface area contributed by atoms with Crippen molar-refractivity contribution < 1.29 is 0 Å². The van der Waals surface area contributed by atoms with E-state index in [9.17, 15) is 0 Å². The molecule has 84 valence electrons. The molecule has 1 aromatic heterocycles. The van der Waals surface area contributed by atoms with Gasteiger partial charge in [0, 0.05) is 13.1 Å². The quantitative estimate of drug-likeness (QED) is 0.881. The van der Waals surface area contributed by atoms with Crippen molar-refractivity contribution in [2.45, 2.75) is 26.9 Å². The molecule has 4 heteroatoms. The Morgan fingerprint density at radius 1 is 1.12 bits per heavy atom. The van der Waals surface area contributed by atoms with Gasteiger partial charge in [0.25, 0.3) is 0 Å². The highest BCUT2D eigenvalue weighted by Crippen LogP contribution is 2.09. The van der Waals surface area contributed by atoms with Crippen LogP contribution in [0.1, 0.15) is 21.1 Å². The first-order chi connectivity index (χ1) is 7.75. The Labute approximate surface area is 99.5 Å². The van der Waals surface area contributed by atoms with E-state index >= 15 is 0 Å². The summed E-state index contributed by atoms with van der Waals surface area (Å²) in [6.45, 7) is 5.78. The molecule has 0 atom stereocenters. The topological polar surface area (TPSA) is 37.8 Å². The highest BCUT2D eigenvalue weighted by atomic mass is 32.1. The molecule has 0 aliphatic heterocycles. The highest BCUT2D eigenvalue weighted by molar-refractivity contribution is 7.11. The number of aryl methyl sites for hydroxylation is 2. The van der Waals surface area contributed by atoms with Crippen LogP contribution < -0.4 is 5.32 Å². The van der Waals surface area contributed by atoms with Crippen LogP contribution in [0.5, 0.6) is 0 Å². The third-order valence-corrected chi connectivity index (χ3v) is 3.26. The molecule has 0 saturated carbocycles. The second-order valence-electron chi connectivity index (χ2n) is 3.74. The van der Waals surface area contributed by atoms with Gasteiger partial charge in [-0.1, -0.05) is 24.3 Å². The van der Waals surface area contributed by atoms with Crippen molar-refractivity contribution in [2.75, 3.05) is 0 Å². The van der Waals surface area contributed by atoms with Crippen molar-refractivity contribution in [3.63, 3.8) is 0 Å². The lowest BCUT2D eigenvalue weighted by molar-refractivity contribution is 0.681. The average molecular weight is 233 g/mol. The van der Waals surface area contributed by atoms with Crippen LogP contribution in [0.2, 0.25) is 0 Å².